The maximum Gasteiger partial charge on any atom is 0.303 e. The summed E-state index contributed by atoms with van der Waals surface area (Å²) in [5, 5.41) is 11.3. The van der Waals surface area contributed by atoms with Crippen molar-refractivity contribution >= 4 is 17.5 Å². The Labute approximate surface area is 168 Å². The summed E-state index contributed by atoms with van der Waals surface area (Å²) in [5.41, 5.74) is -2.86. The maximum absolute atomic E-state index is 13.9. The fourth-order valence-electron chi connectivity index (χ4n) is 7.98. The Kier molecular flexibility index (Phi) is 3.08. The number of hydrogen-bond acceptors (Lipinski definition) is 7. The van der Waals surface area contributed by atoms with Gasteiger partial charge in [-0.05, 0) is 36.7 Å². The van der Waals surface area contributed by atoms with Crippen molar-refractivity contribution in [2.75, 3.05) is 13.2 Å². The highest BCUT2D eigenvalue weighted by Crippen LogP contribution is 2.74. The largest absolute Gasteiger partial charge is 0.504 e. The van der Waals surface area contributed by atoms with Crippen LogP contribution in [0.1, 0.15) is 46.5 Å². The van der Waals surface area contributed by atoms with Crippen molar-refractivity contribution in [2.24, 2.45) is 28.1 Å². The molecule has 0 aromatic rings. The van der Waals surface area contributed by atoms with Gasteiger partial charge in [-0.1, -0.05) is 13.8 Å². The lowest BCUT2D eigenvalue weighted by Gasteiger charge is -2.63. The van der Waals surface area contributed by atoms with Gasteiger partial charge in [-0.15, -0.1) is 0 Å². The standard InChI is InChI=1S/C22H26O7/c1-10(23)29-18-20-7-11(22(18)9-28-22)4-5-12(20)21-8-27-14(6-13(21)24)19(2,3)16(21)15(25)17(20)26/h11-12,14,18,25H,4-9H2,1-3H3/t11-,12-,14+,18+,20-,21-,22-/m1/s1. The first-order valence-electron chi connectivity index (χ1n) is 10.6. The number of hydrogen-bond donors (Lipinski definition) is 1. The number of aliphatic hydroxyl groups is 1. The molecule has 7 atom stereocenters. The molecule has 7 nitrogen and oxygen atoms in total. The van der Waals surface area contributed by atoms with Crippen LogP contribution in [0.4, 0.5) is 0 Å². The van der Waals surface area contributed by atoms with Crippen molar-refractivity contribution in [3.63, 3.8) is 0 Å². The number of carbonyl (C=O) groups is 3. The van der Waals surface area contributed by atoms with Crippen LogP contribution in [-0.4, -0.2) is 53.7 Å². The van der Waals surface area contributed by atoms with Crippen LogP contribution >= 0.6 is 0 Å². The second-order valence-electron chi connectivity index (χ2n) is 10.5. The van der Waals surface area contributed by atoms with Crippen LogP contribution < -0.4 is 0 Å². The minimum absolute atomic E-state index is 0.0455. The monoisotopic (exact) mass is 402 g/mol. The van der Waals surface area contributed by atoms with Gasteiger partial charge in [0.1, 0.15) is 17.5 Å². The molecule has 0 unspecified atom stereocenters. The second-order valence-corrected chi connectivity index (χ2v) is 10.5. The molecule has 3 aliphatic heterocycles. The molecular formula is C22H26O7. The molecule has 7 heteroatoms. The third-order valence-corrected chi connectivity index (χ3v) is 9.12. The first-order chi connectivity index (χ1) is 13.6. The SMILES string of the molecule is CC(=O)O[C@@H]1[C@@]2(CO2)[C@@H]2CC[C@H]3[C@]45CO[C@@H](CC4=O)C(C)(C)C5=C(O)C(=O)[C@]13C2. The minimum Gasteiger partial charge on any atom is -0.504 e. The molecule has 29 heavy (non-hydrogen) atoms. The van der Waals surface area contributed by atoms with E-state index < -0.39 is 33.9 Å². The average molecular weight is 402 g/mol. The molecule has 156 valence electrons. The lowest BCUT2D eigenvalue weighted by molar-refractivity contribution is -0.203. The fraction of sp³-hybridized carbons (Fsp3) is 0.773. The van der Waals surface area contributed by atoms with Gasteiger partial charge in [-0.25, -0.2) is 0 Å². The quantitative estimate of drug-likeness (QED) is 0.528. The van der Waals surface area contributed by atoms with Crippen LogP contribution in [0, 0.1) is 28.1 Å². The van der Waals surface area contributed by atoms with Crippen molar-refractivity contribution in [2.45, 2.75) is 64.3 Å². The van der Waals surface area contributed by atoms with Gasteiger partial charge in [-0.2, -0.15) is 0 Å². The van der Waals surface area contributed by atoms with Gasteiger partial charge in [-0.3, -0.25) is 14.4 Å². The third-order valence-electron chi connectivity index (χ3n) is 9.12. The van der Waals surface area contributed by atoms with Gasteiger partial charge >= 0.3 is 5.97 Å². The Morgan fingerprint density at radius 2 is 1.93 bits per heavy atom. The Hall–Kier alpha value is -1.73. The summed E-state index contributed by atoms with van der Waals surface area (Å²) < 4.78 is 17.8. The normalized spacial score (nSPS) is 51.1. The highest BCUT2D eigenvalue weighted by Gasteiger charge is 2.83. The van der Waals surface area contributed by atoms with Crippen LogP contribution in [-0.2, 0) is 28.6 Å². The average Bonchev–Trinajstić information content (AvgIpc) is 3.43. The Morgan fingerprint density at radius 3 is 2.55 bits per heavy atom. The van der Waals surface area contributed by atoms with Crippen molar-refractivity contribution in [3.8, 4) is 0 Å². The number of rotatable bonds is 1. The van der Waals surface area contributed by atoms with E-state index in [1.54, 1.807) is 0 Å². The second kappa shape index (κ2) is 4.94. The van der Waals surface area contributed by atoms with E-state index in [-0.39, 0.29) is 48.3 Å². The number of ketones is 2. The summed E-state index contributed by atoms with van der Waals surface area (Å²) in [4.78, 5) is 39.4. The topological polar surface area (TPSA) is 102 Å². The van der Waals surface area contributed by atoms with E-state index in [9.17, 15) is 19.5 Å². The smallest absolute Gasteiger partial charge is 0.303 e. The highest BCUT2D eigenvalue weighted by molar-refractivity contribution is 6.06. The number of Topliss-reactive ketones (excluding diaryl/α,β-unsaturated/α-hetero) is 2. The zero-order valence-electron chi connectivity index (χ0n) is 16.9. The molecule has 6 fully saturated rings. The van der Waals surface area contributed by atoms with Crippen molar-refractivity contribution in [1.82, 2.24) is 0 Å². The molecule has 0 amide bonds. The molecule has 0 aromatic heterocycles. The number of aliphatic hydroxyl groups excluding tert-OH is 1. The van der Waals surface area contributed by atoms with E-state index in [1.807, 2.05) is 13.8 Å². The van der Waals surface area contributed by atoms with E-state index in [1.165, 1.54) is 6.92 Å². The zero-order valence-corrected chi connectivity index (χ0v) is 16.9. The number of allylic oxidation sites excluding steroid dienone is 1. The summed E-state index contributed by atoms with van der Waals surface area (Å²) in [6, 6.07) is 0. The van der Waals surface area contributed by atoms with Gasteiger partial charge in [0.2, 0.25) is 5.78 Å². The Morgan fingerprint density at radius 1 is 1.21 bits per heavy atom. The van der Waals surface area contributed by atoms with Crippen molar-refractivity contribution in [1.29, 1.82) is 0 Å². The molecule has 3 saturated heterocycles. The van der Waals surface area contributed by atoms with Gasteiger partial charge in [0.25, 0.3) is 0 Å². The van der Waals surface area contributed by atoms with Crippen LogP contribution in [0.3, 0.4) is 0 Å². The van der Waals surface area contributed by atoms with Gasteiger partial charge in [0.05, 0.1) is 30.1 Å². The molecule has 3 spiro atoms. The highest BCUT2D eigenvalue weighted by atomic mass is 16.6. The van der Waals surface area contributed by atoms with E-state index in [2.05, 4.69) is 0 Å². The molecule has 0 radical (unpaired) electrons. The van der Waals surface area contributed by atoms with Crippen molar-refractivity contribution < 1.29 is 33.7 Å². The lowest BCUT2D eigenvalue weighted by atomic mass is 9.41. The van der Waals surface area contributed by atoms with Gasteiger partial charge in [0.15, 0.2) is 5.76 Å². The predicted octanol–water partition coefficient (Wildman–Crippen LogP) is 1.88. The van der Waals surface area contributed by atoms with Crippen molar-refractivity contribution in [3.05, 3.63) is 11.3 Å². The molecule has 3 saturated carbocycles. The van der Waals surface area contributed by atoms with E-state index in [0.717, 1.165) is 6.42 Å². The molecule has 4 bridgehead atoms. The fourth-order valence-corrected chi connectivity index (χ4v) is 7.98. The summed E-state index contributed by atoms with van der Waals surface area (Å²) in [6.07, 6.45) is 1.12. The first-order valence-corrected chi connectivity index (χ1v) is 10.6. The minimum atomic E-state index is -1.13. The first kappa shape index (κ1) is 18.1. The van der Waals surface area contributed by atoms with Crippen LogP contribution in [0.15, 0.2) is 11.3 Å². The summed E-state index contributed by atoms with van der Waals surface area (Å²) in [6.45, 7) is 5.86. The number of carbonyl (C=O) groups excluding carboxylic acids is 3. The lowest BCUT2D eigenvalue weighted by Crippen LogP contribution is -2.70. The molecule has 7 aliphatic rings. The van der Waals surface area contributed by atoms with Crippen LogP contribution in [0.25, 0.3) is 0 Å². The molecular weight excluding hydrogens is 376 g/mol. The molecule has 7 rings (SSSR count). The number of epoxide rings is 1. The third kappa shape index (κ3) is 1.70. The Balaban J connectivity index is 1.63. The maximum atomic E-state index is 13.9. The molecule has 3 heterocycles. The van der Waals surface area contributed by atoms with E-state index >= 15 is 0 Å². The predicted molar refractivity (Wildman–Crippen MR) is 97.7 cm³/mol. The van der Waals surface area contributed by atoms with Gasteiger partial charge in [0, 0.05) is 18.8 Å². The van der Waals surface area contributed by atoms with E-state index in [0.29, 0.717) is 25.0 Å². The van der Waals surface area contributed by atoms with Crippen LogP contribution in [0.5, 0.6) is 0 Å². The zero-order chi connectivity index (χ0) is 20.6. The van der Waals surface area contributed by atoms with E-state index in [4.69, 9.17) is 14.2 Å². The summed E-state index contributed by atoms with van der Waals surface area (Å²) in [7, 11) is 0. The van der Waals surface area contributed by atoms with Crippen LogP contribution in [0.2, 0.25) is 0 Å². The molecule has 4 aliphatic carbocycles. The van der Waals surface area contributed by atoms with Gasteiger partial charge < -0.3 is 19.3 Å². The molecule has 0 aromatic carbocycles. The molecule has 1 N–H and O–H groups in total. The Bertz CT molecular complexity index is 912. The number of ether oxygens (including phenoxy) is 3. The number of fused-ring (bicyclic) bond motifs is 4. The summed E-state index contributed by atoms with van der Waals surface area (Å²) in [5.74, 6) is -1.38. The summed E-state index contributed by atoms with van der Waals surface area (Å²) >= 11 is 0. The number of esters is 1.